The highest BCUT2D eigenvalue weighted by Gasteiger charge is 2.09. The highest BCUT2D eigenvalue weighted by Crippen LogP contribution is 2.25. The lowest BCUT2D eigenvalue weighted by Crippen LogP contribution is -2.27. The Hall–Kier alpha value is -2.57. The van der Waals surface area contributed by atoms with Crippen LogP contribution >= 0.6 is 11.6 Å². The van der Waals surface area contributed by atoms with E-state index in [1.807, 2.05) is 45.0 Å². The quantitative estimate of drug-likeness (QED) is 0.528. The molecule has 3 N–H and O–H groups in total. The molecule has 156 valence electrons. The third-order valence-corrected chi connectivity index (χ3v) is 4.24. The number of anilines is 2. The molecular formula is C22H28ClN3O3. The summed E-state index contributed by atoms with van der Waals surface area (Å²) in [5.41, 5.74) is 2.11. The van der Waals surface area contributed by atoms with Crippen molar-refractivity contribution < 1.29 is 14.3 Å². The molecule has 0 heterocycles. The van der Waals surface area contributed by atoms with Gasteiger partial charge in [-0.3, -0.25) is 9.59 Å². The number of ether oxygens (including phenoxy) is 1. The Labute approximate surface area is 177 Å². The first-order chi connectivity index (χ1) is 13.9. The Morgan fingerprint density at radius 2 is 1.76 bits per heavy atom. The van der Waals surface area contributed by atoms with Crippen LogP contribution in [0.4, 0.5) is 11.4 Å². The average molecular weight is 418 g/mol. The van der Waals surface area contributed by atoms with Crippen molar-refractivity contribution in [1.82, 2.24) is 5.32 Å². The molecule has 0 spiro atoms. The van der Waals surface area contributed by atoms with Gasteiger partial charge in [-0.1, -0.05) is 30.7 Å². The molecule has 0 fully saturated rings. The highest BCUT2D eigenvalue weighted by atomic mass is 35.5. The predicted molar refractivity (Wildman–Crippen MR) is 118 cm³/mol. The van der Waals surface area contributed by atoms with Gasteiger partial charge in [0, 0.05) is 18.7 Å². The Kier molecular flexibility index (Phi) is 8.96. The third-order valence-electron chi connectivity index (χ3n) is 3.91. The molecule has 2 aromatic carbocycles. The number of hydrogen-bond donors (Lipinski definition) is 3. The van der Waals surface area contributed by atoms with Gasteiger partial charge in [-0.25, -0.2) is 0 Å². The summed E-state index contributed by atoms with van der Waals surface area (Å²) in [6, 6.07) is 12.7. The molecule has 0 aliphatic heterocycles. The number of nitrogens with one attached hydrogen (secondary N) is 3. The van der Waals surface area contributed by atoms with Gasteiger partial charge < -0.3 is 20.7 Å². The third kappa shape index (κ3) is 8.13. The molecule has 0 radical (unpaired) electrons. The fraction of sp³-hybridized carbons (Fsp3) is 0.364. The zero-order valence-corrected chi connectivity index (χ0v) is 17.8. The zero-order chi connectivity index (χ0) is 21.2. The molecule has 0 saturated carbocycles. The number of carbonyl (C=O) groups is 2. The van der Waals surface area contributed by atoms with Crippen LogP contribution in [0.2, 0.25) is 5.02 Å². The van der Waals surface area contributed by atoms with E-state index in [-0.39, 0.29) is 24.5 Å². The number of benzene rings is 2. The van der Waals surface area contributed by atoms with E-state index in [4.69, 9.17) is 16.3 Å². The van der Waals surface area contributed by atoms with Crippen LogP contribution in [0.3, 0.4) is 0 Å². The van der Waals surface area contributed by atoms with Crippen LogP contribution in [0.25, 0.3) is 0 Å². The van der Waals surface area contributed by atoms with Crippen molar-refractivity contribution in [3.63, 3.8) is 0 Å². The topological polar surface area (TPSA) is 79.5 Å². The standard InChI is InChI=1S/C22H28ClN3O3/c1-4-5-21(27)25-17-8-11-19(23)20(12-17)26-22(28)14-24-13-16-6-9-18(10-7-16)29-15(2)3/h6-12,15,24H,4-5,13-14H2,1-3H3,(H,25,27)(H,26,28). The Morgan fingerprint density at radius 1 is 1.03 bits per heavy atom. The van der Waals surface area contributed by atoms with Crippen molar-refractivity contribution in [2.24, 2.45) is 0 Å². The van der Waals surface area contributed by atoms with Crippen LogP contribution in [-0.2, 0) is 16.1 Å². The summed E-state index contributed by atoms with van der Waals surface area (Å²) < 4.78 is 5.61. The Morgan fingerprint density at radius 3 is 2.41 bits per heavy atom. The van der Waals surface area contributed by atoms with E-state index >= 15 is 0 Å². The van der Waals surface area contributed by atoms with Gasteiger partial charge in [-0.2, -0.15) is 0 Å². The summed E-state index contributed by atoms with van der Waals surface area (Å²) in [5.74, 6) is 0.532. The van der Waals surface area contributed by atoms with Crippen LogP contribution in [0.15, 0.2) is 42.5 Å². The van der Waals surface area contributed by atoms with E-state index in [2.05, 4.69) is 16.0 Å². The minimum Gasteiger partial charge on any atom is -0.491 e. The van der Waals surface area contributed by atoms with Crippen LogP contribution in [0.1, 0.15) is 39.2 Å². The molecule has 0 aromatic heterocycles. The monoisotopic (exact) mass is 417 g/mol. The minimum atomic E-state index is -0.219. The number of carbonyl (C=O) groups excluding carboxylic acids is 2. The second-order valence-electron chi connectivity index (χ2n) is 6.96. The molecule has 6 nitrogen and oxygen atoms in total. The SMILES string of the molecule is CCCC(=O)Nc1ccc(Cl)c(NC(=O)CNCc2ccc(OC(C)C)cc2)c1. The van der Waals surface area contributed by atoms with Gasteiger partial charge in [0.2, 0.25) is 11.8 Å². The first-order valence-electron chi connectivity index (χ1n) is 9.73. The van der Waals surface area contributed by atoms with Gasteiger partial charge in [0.15, 0.2) is 0 Å². The largest absolute Gasteiger partial charge is 0.491 e. The van der Waals surface area contributed by atoms with Crippen molar-refractivity contribution in [2.45, 2.75) is 46.3 Å². The van der Waals surface area contributed by atoms with Crippen LogP contribution in [0.5, 0.6) is 5.75 Å². The maximum Gasteiger partial charge on any atom is 0.238 e. The second kappa shape index (κ2) is 11.4. The lowest BCUT2D eigenvalue weighted by atomic mass is 10.2. The number of rotatable bonds is 10. The molecule has 2 rings (SSSR count). The minimum absolute atomic E-state index is 0.0708. The fourth-order valence-corrected chi connectivity index (χ4v) is 2.79. The molecule has 0 aliphatic carbocycles. The van der Waals surface area contributed by atoms with E-state index in [0.717, 1.165) is 17.7 Å². The molecule has 0 aliphatic rings. The summed E-state index contributed by atoms with van der Waals surface area (Å²) >= 11 is 6.16. The Bertz CT molecular complexity index is 823. The number of halogens is 1. The molecule has 7 heteroatoms. The van der Waals surface area contributed by atoms with E-state index < -0.39 is 0 Å². The van der Waals surface area contributed by atoms with E-state index in [0.29, 0.717) is 29.4 Å². The Balaban J connectivity index is 1.83. The summed E-state index contributed by atoms with van der Waals surface area (Å²) in [6.45, 7) is 6.58. The first-order valence-corrected chi connectivity index (χ1v) is 10.1. The van der Waals surface area contributed by atoms with Gasteiger partial charge in [-0.15, -0.1) is 0 Å². The molecule has 2 amide bonds. The predicted octanol–water partition coefficient (Wildman–Crippen LogP) is 4.59. The molecule has 0 bridgehead atoms. The van der Waals surface area contributed by atoms with Crippen molar-refractivity contribution in [3.8, 4) is 5.75 Å². The summed E-state index contributed by atoms with van der Waals surface area (Å²) in [5, 5.41) is 9.07. The lowest BCUT2D eigenvalue weighted by Gasteiger charge is -2.12. The van der Waals surface area contributed by atoms with Crippen molar-refractivity contribution >= 4 is 34.8 Å². The van der Waals surface area contributed by atoms with Crippen LogP contribution in [0, 0.1) is 0 Å². The normalized spacial score (nSPS) is 10.7. The van der Waals surface area contributed by atoms with Gasteiger partial charge >= 0.3 is 0 Å². The number of hydrogen-bond acceptors (Lipinski definition) is 4. The summed E-state index contributed by atoms with van der Waals surface area (Å²) in [4.78, 5) is 24.0. The van der Waals surface area contributed by atoms with Gasteiger partial charge in [0.1, 0.15) is 5.75 Å². The highest BCUT2D eigenvalue weighted by molar-refractivity contribution is 6.33. The van der Waals surface area contributed by atoms with Crippen LogP contribution in [-0.4, -0.2) is 24.5 Å². The molecule has 2 aromatic rings. The molecule has 0 atom stereocenters. The number of amides is 2. The van der Waals surface area contributed by atoms with Gasteiger partial charge in [0.25, 0.3) is 0 Å². The molecule has 0 saturated heterocycles. The van der Waals surface area contributed by atoms with Crippen LogP contribution < -0.4 is 20.7 Å². The average Bonchev–Trinajstić information content (AvgIpc) is 2.65. The van der Waals surface area contributed by atoms with Crippen molar-refractivity contribution in [3.05, 3.63) is 53.1 Å². The fourth-order valence-electron chi connectivity index (χ4n) is 2.62. The smallest absolute Gasteiger partial charge is 0.238 e. The maximum absolute atomic E-state index is 12.2. The van der Waals surface area contributed by atoms with E-state index in [1.54, 1.807) is 18.2 Å². The van der Waals surface area contributed by atoms with Gasteiger partial charge in [0.05, 0.1) is 23.4 Å². The van der Waals surface area contributed by atoms with Crippen molar-refractivity contribution in [1.29, 1.82) is 0 Å². The van der Waals surface area contributed by atoms with Gasteiger partial charge in [-0.05, 0) is 56.2 Å². The first kappa shape index (κ1) is 22.7. The molecule has 0 unspecified atom stereocenters. The van der Waals surface area contributed by atoms with Crippen molar-refractivity contribution in [2.75, 3.05) is 17.2 Å². The summed E-state index contributed by atoms with van der Waals surface area (Å²) in [7, 11) is 0. The summed E-state index contributed by atoms with van der Waals surface area (Å²) in [6.07, 6.45) is 1.34. The van der Waals surface area contributed by atoms with E-state index in [9.17, 15) is 9.59 Å². The lowest BCUT2D eigenvalue weighted by molar-refractivity contribution is -0.116. The molecule has 29 heavy (non-hydrogen) atoms. The maximum atomic E-state index is 12.2. The second-order valence-corrected chi connectivity index (χ2v) is 7.36. The zero-order valence-electron chi connectivity index (χ0n) is 17.0. The van der Waals surface area contributed by atoms with E-state index in [1.165, 1.54) is 0 Å². The molecular weight excluding hydrogens is 390 g/mol.